The fourth-order valence-corrected chi connectivity index (χ4v) is 5.99. The maximum atomic E-state index is 14.0. The monoisotopic (exact) mass is 595 g/mol. The number of nitrogen functional groups attached to an aromatic ring is 1. The number of pyridine rings is 1. The topological polar surface area (TPSA) is 134 Å². The number of methoxy groups -OCH3 is 3. The van der Waals surface area contributed by atoms with Crippen molar-refractivity contribution in [3.8, 4) is 51.3 Å². The summed E-state index contributed by atoms with van der Waals surface area (Å²) in [6.07, 6.45) is 0. The Morgan fingerprint density at radius 3 is 2.23 bits per heavy atom. The third-order valence-electron chi connectivity index (χ3n) is 7.07. The number of carbonyl (C=O) groups is 1. The Kier molecular flexibility index (Phi) is 7.16. The molecule has 0 fully saturated rings. The third-order valence-corrected chi connectivity index (χ3v) is 8.17. The molecule has 3 N–H and O–H groups in total. The van der Waals surface area contributed by atoms with Gasteiger partial charge >= 0.3 is 11.6 Å². The van der Waals surface area contributed by atoms with Crippen LogP contribution in [0.2, 0.25) is 0 Å². The SMILES string of the molecule is COc1cc(-c2cc(-c3ccccc3)nc3sc(C(=O)c4c(O)on[n+]4-c4ccc(C)cc4)c(N)c23)cc(OC)c1OC. The number of aromatic hydroxyl groups is 1. The number of carbonyl (C=O) groups excluding carboxylic acids is 1. The molecule has 0 aliphatic carbocycles. The Bertz CT molecular complexity index is 1960. The summed E-state index contributed by atoms with van der Waals surface area (Å²) >= 11 is 1.12. The van der Waals surface area contributed by atoms with Crippen LogP contribution in [0.15, 0.2) is 77.3 Å². The van der Waals surface area contributed by atoms with Gasteiger partial charge in [-0.25, -0.2) is 4.98 Å². The molecule has 3 aromatic heterocycles. The summed E-state index contributed by atoms with van der Waals surface area (Å²) < 4.78 is 23.0. The van der Waals surface area contributed by atoms with Crippen LogP contribution >= 0.6 is 11.3 Å². The summed E-state index contributed by atoms with van der Waals surface area (Å²) in [5.74, 6) is 0.186. The molecule has 0 atom stereocenters. The van der Waals surface area contributed by atoms with E-state index in [1.807, 2.05) is 67.6 Å². The van der Waals surface area contributed by atoms with Crippen LogP contribution in [-0.2, 0) is 0 Å². The summed E-state index contributed by atoms with van der Waals surface area (Å²) in [5.41, 5.74) is 11.3. The number of hydrogen-bond acceptors (Lipinski definition) is 10. The number of rotatable bonds is 8. The minimum absolute atomic E-state index is 0.153. The molecule has 0 aliphatic heterocycles. The largest absolute Gasteiger partial charge is 0.493 e. The minimum atomic E-state index is -0.620. The number of hydrogen-bond donors (Lipinski definition) is 2. The highest BCUT2D eigenvalue weighted by Crippen LogP contribution is 2.46. The number of aromatic nitrogens is 3. The highest BCUT2D eigenvalue weighted by Gasteiger charge is 2.37. The van der Waals surface area contributed by atoms with E-state index in [2.05, 4.69) is 5.27 Å². The van der Waals surface area contributed by atoms with Crippen LogP contribution in [0.5, 0.6) is 23.2 Å². The predicted molar refractivity (Wildman–Crippen MR) is 162 cm³/mol. The first-order valence-electron chi connectivity index (χ1n) is 13.2. The second-order valence-corrected chi connectivity index (χ2v) is 10.7. The van der Waals surface area contributed by atoms with Gasteiger partial charge in [0, 0.05) is 27.8 Å². The molecule has 0 radical (unpaired) electrons. The molecule has 3 heterocycles. The minimum Gasteiger partial charge on any atom is -0.493 e. The molecule has 43 heavy (non-hydrogen) atoms. The standard InChI is InChI=1S/C32H26N4O6S/c1-17-10-12-20(13-11-17)36-27(32(38)42-35-36)28(37)30-26(33)25-21(19-14-23(39-2)29(41-4)24(15-19)40-3)16-22(34-31(25)43-30)18-8-6-5-7-9-18/h5-16H,1-4H3,(H2-,33,35,37,38)/p+1. The number of ether oxygens (including phenoxy) is 3. The first kappa shape index (κ1) is 27.7. The van der Waals surface area contributed by atoms with Crippen LogP contribution in [0.4, 0.5) is 5.69 Å². The van der Waals surface area contributed by atoms with Gasteiger partial charge in [0.2, 0.25) is 16.7 Å². The smallest absolute Gasteiger partial charge is 0.393 e. The maximum absolute atomic E-state index is 14.0. The Hall–Kier alpha value is -5.42. The maximum Gasteiger partial charge on any atom is 0.393 e. The van der Waals surface area contributed by atoms with Gasteiger partial charge in [0.1, 0.15) is 9.71 Å². The molecule has 0 aliphatic rings. The summed E-state index contributed by atoms with van der Waals surface area (Å²) in [7, 11) is 4.63. The molecule has 0 bridgehead atoms. The number of nitrogens with zero attached hydrogens (tertiary/aromatic N) is 3. The Labute approximate surface area is 250 Å². The van der Waals surface area contributed by atoms with Gasteiger partial charge in [0.05, 0.1) is 32.7 Å². The summed E-state index contributed by atoms with van der Waals surface area (Å²) in [6.45, 7) is 1.95. The number of fused-ring (bicyclic) bond motifs is 1. The lowest BCUT2D eigenvalue weighted by molar-refractivity contribution is -0.672. The third kappa shape index (κ3) is 4.79. The number of ketones is 1. The van der Waals surface area contributed by atoms with Crippen molar-refractivity contribution in [1.82, 2.24) is 10.3 Å². The Morgan fingerprint density at radius 2 is 1.60 bits per heavy atom. The van der Waals surface area contributed by atoms with Gasteiger partial charge in [0.15, 0.2) is 11.5 Å². The van der Waals surface area contributed by atoms with Gasteiger partial charge in [-0.05, 0) is 36.2 Å². The molecule has 6 aromatic rings. The molecule has 11 heteroatoms. The zero-order chi connectivity index (χ0) is 30.2. The molecule has 0 saturated carbocycles. The Morgan fingerprint density at radius 1 is 0.930 bits per heavy atom. The van der Waals surface area contributed by atoms with Crippen molar-refractivity contribution in [1.29, 1.82) is 0 Å². The van der Waals surface area contributed by atoms with Gasteiger partial charge in [-0.3, -0.25) is 9.32 Å². The van der Waals surface area contributed by atoms with Crippen molar-refractivity contribution >= 4 is 33.0 Å². The summed E-state index contributed by atoms with van der Waals surface area (Å²) in [6, 6.07) is 22.5. The van der Waals surface area contributed by atoms with E-state index in [0.717, 1.165) is 22.5 Å². The van der Waals surface area contributed by atoms with E-state index in [4.69, 9.17) is 29.5 Å². The highest BCUT2D eigenvalue weighted by molar-refractivity contribution is 7.21. The lowest BCUT2D eigenvalue weighted by Gasteiger charge is -2.15. The van der Waals surface area contributed by atoms with E-state index < -0.39 is 11.7 Å². The van der Waals surface area contributed by atoms with E-state index in [9.17, 15) is 9.90 Å². The van der Waals surface area contributed by atoms with Gasteiger partial charge in [-0.1, -0.05) is 48.0 Å². The second-order valence-electron chi connectivity index (χ2n) is 9.66. The van der Waals surface area contributed by atoms with Crippen LogP contribution in [0.3, 0.4) is 0 Å². The lowest BCUT2D eigenvalue weighted by Crippen LogP contribution is -2.38. The zero-order valence-corrected chi connectivity index (χ0v) is 24.6. The van der Waals surface area contributed by atoms with E-state index in [1.165, 1.54) is 11.8 Å². The summed E-state index contributed by atoms with van der Waals surface area (Å²) in [5, 5.41) is 15.0. The van der Waals surface area contributed by atoms with E-state index in [-0.39, 0.29) is 16.3 Å². The van der Waals surface area contributed by atoms with Crippen molar-refractivity contribution in [3.05, 3.63) is 88.9 Å². The van der Waals surface area contributed by atoms with Gasteiger partial charge in [0.25, 0.3) is 5.78 Å². The molecular weight excluding hydrogens is 568 g/mol. The van der Waals surface area contributed by atoms with Crippen molar-refractivity contribution in [2.45, 2.75) is 6.92 Å². The number of thiophene rings is 1. The van der Waals surface area contributed by atoms with Crippen LogP contribution in [-0.4, -0.2) is 42.5 Å². The van der Waals surface area contributed by atoms with Crippen LogP contribution in [0.1, 0.15) is 20.9 Å². The van der Waals surface area contributed by atoms with Gasteiger partial charge in [-0.15, -0.1) is 11.3 Å². The molecule has 0 unspecified atom stereocenters. The average Bonchev–Trinajstić information content (AvgIpc) is 3.59. The van der Waals surface area contributed by atoms with Crippen LogP contribution < -0.4 is 24.6 Å². The van der Waals surface area contributed by atoms with Crippen LogP contribution in [0, 0.1) is 6.92 Å². The lowest BCUT2D eigenvalue weighted by atomic mass is 9.98. The van der Waals surface area contributed by atoms with E-state index in [1.54, 1.807) is 26.4 Å². The van der Waals surface area contributed by atoms with Crippen molar-refractivity contribution in [2.24, 2.45) is 0 Å². The number of benzene rings is 3. The molecular formula is C32H27N4O6S+. The van der Waals surface area contributed by atoms with Crippen molar-refractivity contribution < 1.29 is 33.3 Å². The van der Waals surface area contributed by atoms with Crippen molar-refractivity contribution in [3.63, 3.8) is 0 Å². The van der Waals surface area contributed by atoms with E-state index in [0.29, 0.717) is 50.0 Å². The first-order valence-corrected chi connectivity index (χ1v) is 14.0. The molecule has 3 aromatic carbocycles. The number of anilines is 1. The molecule has 0 amide bonds. The predicted octanol–water partition coefficient (Wildman–Crippen LogP) is 5.75. The second kappa shape index (κ2) is 11.1. The number of nitrogens with two attached hydrogens (primary N) is 1. The number of aryl methyl sites for hydroxylation is 1. The Balaban J connectivity index is 1.59. The van der Waals surface area contributed by atoms with Crippen LogP contribution in [0.25, 0.3) is 38.3 Å². The molecule has 10 nitrogen and oxygen atoms in total. The molecule has 216 valence electrons. The average molecular weight is 596 g/mol. The van der Waals surface area contributed by atoms with Crippen molar-refractivity contribution in [2.75, 3.05) is 27.1 Å². The zero-order valence-electron chi connectivity index (χ0n) is 23.7. The van der Waals surface area contributed by atoms with Gasteiger partial charge in [-0.2, -0.15) is 0 Å². The first-order chi connectivity index (χ1) is 20.8. The summed E-state index contributed by atoms with van der Waals surface area (Å²) in [4.78, 5) is 19.6. The fraction of sp³-hybridized carbons (Fsp3) is 0.125. The normalized spacial score (nSPS) is 11.1. The quantitative estimate of drug-likeness (QED) is 0.167. The molecule has 0 saturated heterocycles. The molecule has 0 spiro atoms. The molecule has 6 rings (SSSR count). The highest BCUT2D eigenvalue weighted by atomic mass is 32.1. The van der Waals surface area contributed by atoms with Gasteiger partial charge < -0.3 is 25.1 Å². The fourth-order valence-electron chi connectivity index (χ4n) is 4.93. The van der Waals surface area contributed by atoms with E-state index >= 15 is 0 Å².